The molecule has 2 N–H and O–H groups in total. The summed E-state index contributed by atoms with van der Waals surface area (Å²) in [7, 11) is 0. The number of rotatable bonds is 5. The quantitative estimate of drug-likeness (QED) is 0.864. The molecule has 0 radical (unpaired) electrons. The Hall–Kier alpha value is -1.62. The van der Waals surface area contributed by atoms with Crippen LogP contribution in [0.5, 0.6) is 0 Å². The molecule has 1 aliphatic rings. The smallest absolute Gasteiger partial charge is 0.354 e. The van der Waals surface area contributed by atoms with Crippen LogP contribution in [-0.2, 0) is 0 Å². The summed E-state index contributed by atoms with van der Waals surface area (Å²) < 4.78 is 0. The number of nitrogens with one attached hydrogen (secondary N) is 1. The van der Waals surface area contributed by atoms with E-state index in [0.29, 0.717) is 17.8 Å². The van der Waals surface area contributed by atoms with Gasteiger partial charge in [-0.1, -0.05) is 19.9 Å². The number of carboxylic acid groups (broad SMARTS) is 1. The number of likely N-dealkylation sites (tertiary alicyclic amines) is 1. The van der Waals surface area contributed by atoms with E-state index in [1.54, 1.807) is 6.07 Å². The fourth-order valence-electron chi connectivity index (χ4n) is 2.62. The molecule has 0 aliphatic carbocycles. The van der Waals surface area contributed by atoms with Crippen molar-refractivity contribution < 1.29 is 9.90 Å². The third-order valence-corrected chi connectivity index (χ3v) is 3.53. The van der Waals surface area contributed by atoms with Gasteiger partial charge >= 0.3 is 5.97 Å². The Morgan fingerprint density at radius 2 is 2.15 bits per heavy atom. The zero-order valence-electron chi connectivity index (χ0n) is 12.2. The van der Waals surface area contributed by atoms with Crippen LogP contribution in [0.25, 0.3) is 0 Å². The van der Waals surface area contributed by atoms with Gasteiger partial charge in [0.1, 0.15) is 5.82 Å². The highest BCUT2D eigenvalue weighted by atomic mass is 16.4. The van der Waals surface area contributed by atoms with Crippen LogP contribution in [0.15, 0.2) is 18.2 Å². The second-order valence-electron chi connectivity index (χ2n) is 5.83. The molecule has 1 saturated heterocycles. The summed E-state index contributed by atoms with van der Waals surface area (Å²) in [6.07, 6.45) is 2.15. The number of hydrogen-bond acceptors (Lipinski definition) is 4. The van der Waals surface area contributed by atoms with Crippen molar-refractivity contribution in [2.24, 2.45) is 5.92 Å². The Morgan fingerprint density at radius 1 is 1.45 bits per heavy atom. The number of piperidine rings is 1. The molecule has 0 atom stereocenters. The van der Waals surface area contributed by atoms with Gasteiger partial charge in [-0.05, 0) is 30.9 Å². The molecule has 1 aromatic heterocycles. The Morgan fingerprint density at radius 3 is 2.75 bits per heavy atom. The van der Waals surface area contributed by atoms with Crippen LogP contribution >= 0.6 is 0 Å². The van der Waals surface area contributed by atoms with Gasteiger partial charge in [0.15, 0.2) is 5.69 Å². The molecule has 5 heteroatoms. The maximum Gasteiger partial charge on any atom is 0.354 e. The number of nitrogens with zero attached hydrogens (tertiary/aromatic N) is 2. The molecule has 0 aromatic carbocycles. The maximum atomic E-state index is 10.9. The van der Waals surface area contributed by atoms with Gasteiger partial charge in [0, 0.05) is 25.7 Å². The highest BCUT2D eigenvalue weighted by molar-refractivity contribution is 5.85. The topological polar surface area (TPSA) is 65.5 Å². The van der Waals surface area contributed by atoms with Crippen LogP contribution in [0.4, 0.5) is 5.82 Å². The van der Waals surface area contributed by atoms with Crippen LogP contribution in [0.2, 0.25) is 0 Å². The fourth-order valence-corrected chi connectivity index (χ4v) is 2.62. The van der Waals surface area contributed by atoms with Crippen LogP contribution in [0.3, 0.4) is 0 Å². The Kier molecular flexibility index (Phi) is 4.95. The summed E-state index contributed by atoms with van der Waals surface area (Å²) in [5.41, 5.74) is 0.0900. The zero-order chi connectivity index (χ0) is 14.5. The van der Waals surface area contributed by atoms with Crippen molar-refractivity contribution in [1.82, 2.24) is 9.88 Å². The van der Waals surface area contributed by atoms with Crippen LogP contribution in [0, 0.1) is 5.92 Å². The molecule has 0 unspecified atom stereocenters. The summed E-state index contributed by atoms with van der Waals surface area (Å²) >= 11 is 0. The number of pyridine rings is 1. The monoisotopic (exact) mass is 277 g/mol. The molecule has 1 aliphatic heterocycles. The molecule has 2 heterocycles. The lowest BCUT2D eigenvalue weighted by molar-refractivity contribution is 0.0690. The lowest BCUT2D eigenvalue weighted by Crippen LogP contribution is -2.40. The Labute approximate surface area is 120 Å². The molecular formula is C15H23N3O2. The highest BCUT2D eigenvalue weighted by Gasteiger charge is 2.19. The molecule has 0 amide bonds. The Balaban J connectivity index is 1.86. The van der Waals surface area contributed by atoms with Gasteiger partial charge in [-0.3, -0.25) is 0 Å². The number of carboxylic acids is 1. The molecule has 2 rings (SSSR count). The number of anilines is 1. The summed E-state index contributed by atoms with van der Waals surface area (Å²) in [5.74, 6) is 0.376. The molecule has 0 saturated carbocycles. The first kappa shape index (κ1) is 14.8. The first-order valence-electron chi connectivity index (χ1n) is 7.24. The predicted molar refractivity (Wildman–Crippen MR) is 79.1 cm³/mol. The van der Waals surface area contributed by atoms with E-state index in [0.717, 1.165) is 32.5 Å². The van der Waals surface area contributed by atoms with Gasteiger partial charge in [-0.25, -0.2) is 9.78 Å². The molecule has 1 fully saturated rings. The van der Waals surface area contributed by atoms with Gasteiger partial charge in [0.2, 0.25) is 0 Å². The minimum atomic E-state index is -0.986. The third-order valence-electron chi connectivity index (χ3n) is 3.53. The van der Waals surface area contributed by atoms with Gasteiger partial charge in [-0.2, -0.15) is 0 Å². The number of aromatic carboxylic acids is 1. The molecule has 0 spiro atoms. The molecule has 5 nitrogen and oxygen atoms in total. The molecule has 1 aromatic rings. The van der Waals surface area contributed by atoms with E-state index in [4.69, 9.17) is 5.11 Å². The van der Waals surface area contributed by atoms with E-state index in [1.807, 2.05) is 6.07 Å². The number of carbonyl (C=O) groups is 1. The van der Waals surface area contributed by atoms with Crippen molar-refractivity contribution in [1.29, 1.82) is 0 Å². The van der Waals surface area contributed by atoms with Crippen molar-refractivity contribution in [3.05, 3.63) is 23.9 Å². The molecule has 0 bridgehead atoms. The average Bonchev–Trinajstić information content (AvgIpc) is 2.41. The SMILES string of the molecule is CC(C)CN1CCC(Nc2cccc(C(=O)O)n2)CC1. The molecular weight excluding hydrogens is 254 g/mol. The van der Waals surface area contributed by atoms with Gasteiger partial charge in [0.05, 0.1) is 0 Å². The van der Waals surface area contributed by atoms with Crippen LogP contribution in [0.1, 0.15) is 37.2 Å². The molecule has 110 valence electrons. The van der Waals surface area contributed by atoms with Crippen LogP contribution in [-0.4, -0.2) is 46.6 Å². The largest absolute Gasteiger partial charge is 0.477 e. The summed E-state index contributed by atoms with van der Waals surface area (Å²) in [4.78, 5) is 17.5. The standard InChI is InChI=1S/C15H23N3O2/c1-11(2)10-18-8-6-12(7-9-18)16-14-5-3-4-13(17-14)15(19)20/h3-5,11-12H,6-10H2,1-2H3,(H,16,17)(H,19,20). The van der Waals surface area contributed by atoms with Crippen molar-refractivity contribution in [3.63, 3.8) is 0 Å². The predicted octanol–water partition coefficient (Wildman–Crippen LogP) is 2.31. The highest BCUT2D eigenvalue weighted by Crippen LogP contribution is 2.16. The van der Waals surface area contributed by atoms with Crippen molar-refractivity contribution >= 4 is 11.8 Å². The second-order valence-corrected chi connectivity index (χ2v) is 5.83. The van der Waals surface area contributed by atoms with Crippen molar-refractivity contribution in [3.8, 4) is 0 Å². The maximum absolute atomic E-state index is 10.9. The van der Waals surface area contributed by atoms with Gasteiger partial charge < -0.3 is 15.3 Å². The van der Waals surface area contributed by atoms with Crippen LogP contribution < -0.4 is 5.32 Å². The number of aromatic nitrogens is 1. The first-order chi connectivity index (χ1) is 9.54. The minimum Gasteiger partial charge on any atom is -0.477 e. The lowest BCUT2D eigenvalue weighted by Gasteiger charge is -2.33. The van der Waals surface area contributed by atoms with E-state index < -0.39 is 5.97 Å². The number of hydrogen-bond donors (Lipinski definition) is 2. The fraction of sp³-hybridized carbons (Fsp3) is 0.600. The van der Waals surface area contributed by atoms with E-state index in [1.165, 1.54) is 6.07 Å². The van der Waals surface area contributed by atoms with Crippen molar-refractivity contribution in [2.45, 2.75) is 32.7 Å². The van der Waals surface area contributed by atoms with E-state index in [-0.39, 0.29) is 5.69 Å². The zero-order valence-corrected chi connectivity index (χ0v) is 12.2. The first-order valence-corrected chi connectivity index (χ1v) is 7.24. The summed E-state index contributed by atoms with van der Waals surface area (Å²) in [5, 5.41) is 12.3. The summed E-state index contributed by atoms with van der Waals surface area (Å²) in [6, 6.07) is 5.45. The second kappa shape index (κ2) is 6.70. The summed E-state index contributed by atoms with van der Waals surface area (Å²) in [6.45, 7) is 7.82. The average molecular weight is 277 g/mol. The van der Waals surface area contributed by atoms with Gasteiger partial charge in [-0.15, -0.1) is 0 Å². The minimum absolute atomic E-state index is 0.0900. The lowest BCUT2D eigenvalue weighted by atomic mass is 10.0. The van der Waals surface area contributed by atoms with E-state index >= 15 is 0 Å². The van der Waals surface area contributed by atoms with E-state index in [2.05, 4.69) is 29.0 Å². The van der Waals surface area contributed by atoms with E-state index in [9.17, 15) is 4.79 Å². The molecule has 20 heavy (non-hydrogen) atoms. The van der Waals surface area contributed by atoms with Gasteiger partial charge in [0.25, 0.3) is 0 Å². The normalized spacial score (nSPS) is 17.4. The third kappa shape index (κ3) is 4.20. The van der Waals surface area contributed by atoms with Crippen molar-refractivity contribution in [2.75, 3.05) is 25.0 Å². The Bertz CT molecular complexity index is 454.